The van der Waals surface area contributed by atoms with Crippen LogP contribution in [-0.4, -0.2) is 23.3 Å². The van der Waals surface area contributed by atoms with E-state index in [0.717, 1.165) is 30.6 Å². The molecule has 0 bridgehead atoms. The average molecular weight is 400 g/mol. The van der Waals surface area contributed by atoms with E-state index in [1.54, 1.807) is 11.3 Å². The summed E-state index contributed by atoms with van der Waals surface area (Å²) in [6.45, 7) is 1.83. The number of esters is 1. The molecule has 1 aromatic heterocycles. The summed E-state index contributed by atoms with van der Waals surface area (Å²) in [4.78, 5) is 23.8. The van der Waals surface area contributed by atoms with Gasteiger partial charge >= 0.3 is 11.9 Å². The molecule has 2 aromatic rings. The third-order valence-corrected chi connectivity index (χ3v) is 5.37. The van der Waals surface area contributed by atoms with Crippen molar-refractivity contribution >= 4 is 23.3 Å². The number of ether oxygens (including phenoxy) is 1. The molecule has 6 heteroatoms. The van der Waals surface area contributed by atoms with Crippen molar-refractivity contribution in [3.8, 4) is 11.8 Å². The van der Waals surface area contributed by atoms with Gasteiger partial charge in [0.1, 0.15) is 0 Å². The molecule has 5 nitrogen and oxygen atoms in total. The van der Waals surface area contributed by atoms with Gasteiger partial charge in [-0.3, -0.25) is 5.73 Å². The van der Waals surface area contributed by atoms with E-state index in [9.17, 15) is 9.59 Å². The van der Waals surface area contributed by atoms with E-state index in [4.69, 9.17) is 15.6 Å². The molecule has 2 rings (SSSR count). The highest BCUT2D eigenvalue weighted by Gasteiger charge is 2.21. The summed E-state index contributed by atoms with van der Waals surface area (Å²) >= 11 is 1.64. The minimum Gasteiger partial charge on any atom is -0.473 e. The van der Waals surface area contributed by atoms with Gasteiger partial charge in [0, 0.05) is 17.2 Å². The second kappa shape index (κ2) is 11.3. The third kappa shape index (κ3) is 7.55. The van der Waals surface area contributed by atoms with Gasteiger partial charge in [0.25, 0.3) is 0 Å². The van der Waals surface area contributed by atoms with Crippen LogP contribution in [-0.2, 0) is 27.2 Å². The van der Waals surface area contributed by atoms with Gasteiger partial charge in [-0.1, -0.05) is 49.1 Å². The number of aliphatic carboxylic acids is 1. The van der Waals surface area contributed by atoms with E-state index in [1.807, 2.05) is 25.1 Å². The first-order chi connectivity index (χ1) is 13.5. The SMILES string of the molecule is C[C@H](CCc1ccc(C#CCCCc2ccccc2)s1)C(N)OC(=O)C(=O)O. The number of hydrogen-bond donors (Lipinski definition) is 2. The fourth-order valence-corrected chi connectivity index (χ4v) is 3.48. The third-order valence-electron chi connectivity index (χ3n) is 4.31. The standard InChI is InChI=1S/C22H25NO4S/c1-16(20(23)27-22(26)21(24)25)12-13-19-15-14-18(28-19)11-7-3-6-10-17-8-4-2-5-9-17/h2,4-5,8-9,14-16,20H,3,6,10,12-13,23H2,1H3,(H,24,25)/t16-,20?/m1/s1. The van der Waals surface area contributed by atoms with E-state index in [1.165, 1.54) is 10.4 Å². The van der Waals surface area contributed by atoms with Crippen molar-refractivity contribution in [2.45, 2.75) is 45.3 Å². The van der Waals surface area contributed by atoms with E-state index >= 15 is 0 Å². The van der Waals surface area contributed by atoms with Crippen LogP contribution in [0.2, 0.25) is 0 Å². The zero-order valence-electron chi connectivity index (χ0n) is 15.9. The van der Waals surface area contributed by atoms with Crippen molar-refractivity contribution in [1.82, 2.24) is 0 Å². The number of rotatable bonds is 8. The fraction of sp³-hybridized carbons (Fsp3) is 0.364. The fourth-order valence-electron chi connectivity index (χ4n) is 2.58. The second-order valence-electron chi connectivity index (χ2n) is 6.60. The highest BCUT2D eigenvalue weighted by molar-refractivity contribution is 7.12. The summed E-state index contributed by atoms with van der Waals surface area (Å²) in [6.07, 6.45) is 3.49. The topological polar surface area (TPSA) is 89.6 Å². The van der Waals surface area contributed by atoms with E-state index in [0.29, 0.717) is 6.42 Å². The molecule has 0 saturated heterocycles. The number of aryl methyl sites for hydroxylation is 2. The first-order valence-electron chi connectivity index (χ1n) is 9.26. The molecular formula is C22H25NO4S. The largest absolute Gasteiger partial charge is 0.473 e. The molecular weight excluding hydrogens is 374 g/mol. The molecule has 28 heavy (non-hydrogen) atoms. The van der Waals surface area contributed by atoms with Crippen molar-refractivity contribution < 1.29 is 19.4 Å². The van der Waals surface area contributed by atoms with Crippen LogP contribution in [0.15, 0.2) is 42.5 Å². The van der Waals surface area contributed by atoms with Gasteiger partial charge in [-0.2, -0.15) is 0 Å². The molecule has 0 aliphatic rings. The first-order valence-corrected chi connectivity index (χ1v) is 10.1. The number of carbonyl (C=O) groups is 2. The summed E-state index contributed by atoms with van der Waals surface area (Å²) in [5, 5.41) is 8.54. The van der Waals surface area contributed by atoms with Gasteiger partial charge < -0.3 is 9.84 Å². The predicted octanol–water partition coefficient (Wildman–Crippen LogP) is 3.60. The Labute approximate surface area is 169 Å². The predicted molar refractivity (Wildman–Crippen MR) is 110 cm³/mol. The molecule has 0 amide bonds. The maximum Gasteiger partial charge on any atom is 0.418 e. The number of benzene rings is 1. The Morgan fingerprint density at radius 3 is 2.64 bits per heavy atom. The molecule has 2 atom stereocenters. The van der Waals surface area contributed by atoms with E-state index in [-0.39, 0.29) is 5.92 Å². The van der Waals surface area contributed by atoms with E-state index < -0.39 is 18.2 Å². The molecule has 0 aliphatic carbocycles. The summed E-state index contributed by atoms with van der Waals surface area (Å²) in [5.41, 5.74) is 7.07. The summed E-state index contributed by atoms with van der Waals surface area (Å²) in [6, 6.07) is 14.5. The van der Waals surface area contributed by atoms with Crippen LogP contribution in [0.3, 0.4) is 0 Å². The van der Waals surface area contributed by atoms with Crippen LogP contribution in [0.4, 0.5) is 0 Å². The van der Waals surface area contributed by atoms with Crippen molar-refractivity contribution in [2.75, 3.05) is 0 Å². The van der Waals surface area contributed by atoms with Gasteiger partial charge in [-0.05, 0) is 43.4 Å². The Morgan fingerprint density at radius 2 is 1.93 bits per heavy atom. The van der Waals surface area contributed by atoms with Gasteiger partial charge in [-0.25, -0.2) is 9.59 Å². The van der Waals surface area contributed by atoms with Crippen LogP contribution in [0, 0.1) is 17.8 Å². The van der Waals surface area contributed by atoms with E-state index in [2.05, 4.69) is 36.1 Å². The molecule has 0 fully saturated rings. The monoisotopic (exact) mass is 399 g/mol. The minimum atomic E-state index is -1.63. The Hall–Kier alpha value is -2.62. The quantitative estimate of drug-likeness (QED) is 0.233. The van der Waals surface area contributed by atoms with Crippen LogP contribution in [0.25, 0.3) is 0 Å². The van der Waals surface area contributed by atoms with Gasteiger partial charge in [0.2, 0.25) is 0 Å². The number of carbonyl (C=O) groups excluding carboxylic acids is 1. The van der Waals surface area contributed by atoms with Crippen LogP contribution < -0.4 is 5.73 Å². The molecule has 0 saturated carbocycles. The highest BCUT2D eigenvalue weighted by atomic mass is 32.1. The van der Waals surface area contributed by atoms with Crippen LogP contribution >= 0.6 is 11.3 Å². The number of carboxylic acids is 1. The molecule has 0 radical (unpaired) electrons. The molecule has 1 unspecified atom stereocenters. The van der Waals surface area contributed by atoms with Crippen LogP contribution in [0.5, 0.6) is 0 Å². The van der Waals surface area contributed by atoms with Gasteiger partial charge in [-0.15, -0.1) is 11.3 Å². The minimum absolute atomic E-state index is 0.141. The Balaban J connectivity index is 1.72. The zero-order valence-corrected chi connectivity index (χ0v) is 16.7. The lowest BCUT2D eigenvalue weighted by atomic mass is 10.0. The maximum atomic E-state index is 11.0. The summed E-state index contributed by atoms with van der Waals surface area (Å²) < 4.78 is 4.70. The van der Waals surface area contributed by atoms with Crippen molar-refractivity contribution in [3.63, 3.8) is 0 Å². The first kappa shape index (κ1) is 21.7. The smallest absolute Gasteiger partial charge is 0.418 e. The Morgan fingerprint density at radius 1 is 1.18 bits per heavy atom. The average Bonchev–Trinajstić information content (AvgIpc) is 3.14. The number of thiophene rings is 1. The normalized spacial score (nSPS) is 12.5. The molecule has 1 heterocycles. The molecule has 148 valence electrons. The van der Waals surface area contributed by atoms with Crippen molar-refractivity contribution in [3.05, 3.63) is 57.8 Å². The molecule has 0 aliphatic heterocycles. The molecule has 1 aromatic carbocycles. The number of carboxylic acid groups (broad SMARTS) is 1. The van der Waals surface area contributed by atoms with Gasteiger partial charge in [0.15, 0.2) is 6.23 Å². The van der Waals surface area contributed by atoms with Crippen LogP contribution in [0.1, 0.15) is 41.5 Å². The van der Waals surface area contributed by atoms with Gasteiger partial charge in [0.05, 0.1) is 4.88 Å². The van der Waals surface area contributed by atoms with Crippen molar-refractivity contribution in [2.24, 2.45) is 11.7 Å². The number of nitrogens with two attached hydrogens (primary N) is 1. The summed E-state index contributed by atoms with van der Waals surface area (Å²) in [5.74, 6) is 3.35. The number of unbranched alkanes of at least 4 members (excludes halogenated alkanes) is 1. The Bertz CT molecular complexity index is 835. The lowest BCUT2D eigenvalue weighted by Crippen LogP contribution is -2.36. The maximum absolute atomic E-state index is 11.0. The molecule has 3 N–H and O–H groups in total. The van der Waals surface area contributed by atoms with Crippen molar-refractivity contribution in [1.29, 1.82) is 0 Å². The lowest BCUT2D eigenvalue weighted by Gasteiger charge is -2.18. The lowest BCUT2D eigenvalue weighted by molar-refractivity contribution is -0.168. The Kier molecular flexibility index (Phi) is 8.73. The molecule has 0 spiro atoms. The summed E-state index contributed by atoms with van der Waals surface area (Å²) in [7, 11) is 0. The highest BCUT2D eigenvalue weighted by Crippen LogP contribution is 2.20. The second-order valence-corrected chi connectivity index (χ2v) is 7.77. The zero-order chi connectivity index (χ0) is 20.4. The number of hydrogen-bond acceptors (Lipinski definition) is 5.